The van der Waals surface area contributed by atoms with Gasteiger partial charge < -0.3 is 5.32 Å². The molecule has 3 unspecified atom stereocenters. The van der Waals surface area contributed by atoms with Crippen LogP contribution in [0, 0.1) is 11.8 Å². The zero-order valence-electron chi connectivity index (χ0n) is 10.8. The summed E-state index contributed by atoms with van der Waals surface area (Å²) in [5.74, 6) is 2.28. The molecule has 2 saturated carbocycles. The molecule has 2 aliphatic rings. The van der Waals surface area contributed by atoms with E-state index >= 15 is 0 Å². The van der Waals surface area contributed by atoms with E-state index in [9.17, 15) is 4.79 Å². The van der Waals surface area contributed by atoms with Gasteiger partial charge in [0.2, 0.25) is 5.91 Å². The van der Waals surface area contributed by atoms with Gasteiger partial charge in [-0.15, -0.1) is 11.8 Å². The van der Waals surface area contributed by atoms with E-state index in [1.165, 1.54) is 25.7 Å². The molecule has 19 heavy (non-hydrogen) atoms. The summed E-state index contributed by atoms with van der Waals surface area (Å²) in [5.41, 5.74) is 0. The highest BCUT2D eigenvalue weighted by Gasteiger charge is 2.39. The van der Waals surface area contributed by atoms with Gasteiger partial charge in [0.15, 0.2) is 0 Å². The van der Waals surface area contributed by atoms with E-state index < -0.39 is 0 Å². The van der Waals surface area contributed by atoms with Crippen molar-refractivity contribution in [2.45, 2.75) is 36.6 Å². The first-order valence-corrected chi connectivity index (χ1v) is 8.25. The van der Waals surface area contributed by atoms with Crippen LogP contribution in [0.25, 0.3) is 0 Å². The molecule has 2 bridgehead atoms. The van der Waals surface area contributed by atoms with E-state index in [1.807, 2.05) is 24.3 Å². The Hall–Kier alpha value is -0.670. The number of benzene rings is 1. The van der Waals surface area contributed by atoms with Crippen LogP contribution in [0.3, 0.4) is 0 Å². The van der Waals surface area contributed by atoms with Gasteiger partial charge in [0.1, 0.15) is 0 Å². The lowest BCUT2D eigenvalue weighted by Gasteiger charge is -2.22. The molecule has 1 amide bonds. The largest absolute Gasteiger partial charge is 0.352 e. The topological polar surface area (TPSA) is 29.1 Å². The Labute approximate surface area is 123 Å². The molecular formula is C15H18ClNOS. The summed E-state index contributed by atoms with van der Waals surface area (Å²) in [6.07, 6.45) is 5.20. The summed E-state index contributed by atoms with van der Waals surface area (Å²) in [4.78, 5) is 13.0. The zero-order valence-corrected chi connectivity index (χ0v) is 12.3. The van der Waals surface area contributed by atoms with E-state index in [-0.39, 0.29) is 5.91 Å². The van der Waals surface area contributed by atoms with Gasteiger partial charge in [0.25, 0.3) is 0 Å². The molecule has 0 saturated heterocycles. The molecule has 3 atom stereocenters. The number of thioether (sulfide) groups is 1. The molecule has 4 heteroatoms. The molecule has 0 spiro atoms. The van der Waals surface area contributed by atoms with Crippen molar-refractivity contribution in [3.8, 4) is 0 Å². The summed E-state index contributed by atoms with van der Waals surface area (Å²) in [6.45, 7) is 0. The van der Waals surface area contributed by atoms with Crippen LogP contribution in [-0.4, -0.2) is 17.7 Å². The smallest absolute Gasteiger partial charge is 0.230 e. The van der Waals surface area contributed by atoms with Gasteiger partial charge in [0, 0.05) is 16.0 Å². The number of amides is 1. The highest BCUT2D eigenvalue weighted by atomic mass is 35.5. The van der Waals surface area contributed by atoms with Crippen LogP contribution in [0.2, 0.25) is 5.02 Å². The fraction of sp³-hybridized carbons (Fsp3) is 0.533. The second kappa shape index (κ2) is 5.76. The summed E-state index contributed by atoms with van der Waals surface area (Å²) in [5, 5.41) is 3.94. The maximum Gasteiger partial charge on any atom is 0.230 e. The number of nitrogens with one attached hydrogen (secondary N) is 1. The third-order valence-corrected chi connectivity index (χ3v) is 5.53. The third-order valence-electron chi connectivity index (χ3n) is 4.27. The van der Waals surface area contributed by atoms with Crippen LogP contribution in [0.15, 0.2) is 29.2 Å². The van der Waals surface area contributed by atoms with Crippen LogP contribution in [0.4, 0.5) is 0 Å². The molecule has 3 rings (SSSR count). The Bertz CT molecular complexity index is 462. The third kappa shape index (κ3) is 3.26. The van der Waals surface area contributed by atoms with Gasteiger partial charge >= 0.3 is 0 Å². The molecule has 1 aromatic carbocycles. The minimum Gasteiger partial charge on any atom is -0.352 e. The highest BCUT2D eigenvalue weighted by Crippen LogP contribution is 2.44. The maximum atomic E-state index is 12.0. The van der Waals surface area contributed by atoms with Gasteiger partial charge in [-0.25, -0.2) is 0 Å². The van der Waals surface area contributed by atoms with Crippen molar-refractivity contribution in [3.63, 3.8) is 0 Å². The van der Waals surface area contributed by atoms with E-state index in [2.05, 4.69) is 5.32 Å². The number of hydrogen-bond acceptors (Lipinski definition) is 2. The normalized spacial score (nSPS) is 28.6. The van der Waals surface area contributed by atoms with Crippen LogP contribution < -0.4 is 5.32 Å². The standard InChI is InChI=1S/C15H18ClNOS/c16-12-3-5-13(6-4-12)19-9-15(18)17-14-8-10-1-2-11(14)7-10/h3-6,10-11,14H,1-2,7-9H2,(H,17,18). The molecular weight excluding hydrogens is 278 g/mol. The van der Waals surface area contributed by atoms with Crippen molar-refractivity contribution >= 4 is 29.3 Å². The molecule has 2 fully saturated rings. The minimum absolute atomic E-state index is 0.164. The van der Waals surface area contributed by atoms with Gasteiger partial charge in [-0.05, 0) is 55.4 Å². The number of fused-ring (bicyclic) bond motifs is 2. The van der Waals surface area contributed by atoms with Crippen LogP contribution in [-0.2, 0) is 4.79 Å². The van der Waals surface area contributed by atoms with Crippen molar-refractivity contribution in [2.75, 3.05) is 5.75 Å². The summed E-state index contributed by atoms with van der Waals surface area (Å²) >= 11 is 7.41. The predicted molar refractivity (Wildman–Crippen MR) is 79.6 cm³/mol. The van der Waals surface area contributed by atoms with Crippen molar-refractivity contribution in [1.29, 1.82) is 0 Å². The Kier molecular flexibility index (Phi) is 4.04. The summed E-state index contributed by atoms with van der Waals surface area (Å²) in [6, 6.07) is 8.07. The Morgan fingerprint density at radius 2 is 2.05 bits per heavy atom. The predicted octanol–water partition coefficient (Wildman–Crippen LogP) is 3.74. The van der Waals surface area contributed by atoms with E-state index in [4.69, 9.17) is 11.6 Å². The first kappa shape index (κ1) is 13.3. The lowest BCUT2D eigenvalue weighted by atomic mass is 9.95. The van der Waals surface area contributed by atoms with E-state index in [0.29, 0.717) is 11.8 Å². The number of rotatable bonds is 4. The fourth-order valence-corrected chi connectivity index (χ4v) is 4.19. The monoisotopic (exact) mass is 295 g/mol. The average molecular weight is 296 g/mol. The fourth-order valence-electron chi connectivity index (χ4n) is 3.35. The first-order chi connectivity index (χ1) is 9.20. The quantitative estimate of drug-likeness (QED) is 0.858. The molecule has 1 aromatic rings. The summed E-state index contributed by atoms with van der Waals surface area (Å²) in [7, 11) is 0. The van der Waals surface area contributed by atoms with Crippen LogP contribution >= 0.6 is 23.4 Å². The molecule has 0 aromatic heterocycles. The molecule has 102 valence electrons. The molecule has 0 aliphatic heterocycles. The van der Waals surface area contributed by atoms with Crippen molar-refractivity contribution in [1.82, 2.24) is 5.32 Å². The number of carbonyl (C=O) groups is 1. The molecule has 1 N–H and O–H groups in total. The Morgan fingerprint density at radius 1 is 1.26 bits per heavy atom. The molecule has 2 nitrogen and oxygen atoms in total. The lowest BCUT2D eigenvalue weighted by Crippen LogP contribution is -2.39. The summed E-state index contributed by atoms with van der Waals surface area (Å²) < 4.78 is 0. The van der Waals surface area contributed by atoms with E-state index in [0.717, 1.165) is 21.8 Å². The molecule has 0 heterocycles. The Balaban J connectivity index is 1.45. The van der Waals surface area contributed by atoms with Crippen LogP contribution in [0.1, 0.15) is 25.7 Å². The van der Waals surface area contributed by atoms with Crippen LogP contribution in [0.5, 0.6) is 0 Å². The number of hydrogen-bond donors (Lipinski definition) is 1. The van der Waals surface area contributed by atoms with Gasteiger partial charge in [-0.1, -0.05) is 18.0 Å². The van der Waals surface area contributed by atoms with Gasteiger partial charge in [-0.2, -0.15) is 0 Å². The van der Waals surface area contributed by atoms with Gasteiger partial charge in [0.05, 0.1) is 5.75 Å². The minimum atomic E-state index is 0.164. The maximum absolute atomic E-state index is 12.0. The lowest BCUT2D eigenvalue weighted by molar-refractivity contribution is -0.119. The SMILES string of the molecule is O=C(CSc1ccc(Cl)cc1)NC1CC2CCC1C2. The van der Waals surface area contributed by atoms with Crippen molar-refractivity contribution < 1.29 is 4.79 Å². The zero-order chi connectivity index (χ0) is 13.2. The second-order valence-electron chi connectivity index (χ2n) is 5.59. The molecule has 0 radical (unpaired) electrons. The number of halogens is 1. The van der Waals surface area contributed by atoms with E-state index in [1.54, 1.807) is 11.8 Å². The second-order valence-corrected chi connectivity index (χ2v) is 7.08. The molecule has 2 aliphatic carbocycles. The highest BCUT2D eigenvalue weighted by molar-refractivity contribution is 8.00. The van der Waals surface area contributed by atoms with Crippen molar-refractivity contribution in [2.24, 2.45) is 11.8 Å². The van der Waals surface area contributed by atoms with Gasteiger partial charge in [-0.3, -0.25) is 4.79 Å². The Morgan fingerprint density at radius 3 is 2.68 bits per heavy atom. The number of carbonyl (C=O) groups excluding carboxylic acids is 1. The van der Waals surface area contributed by atoms with Crippen molar-refractivity contribution in [3.05, 3.63) is 29.3 Å². The average Bonchev–Trinajstić information content (AvgIpc) is 3.00. The first-order valence-electron chi connectivity index (χ1n) is 6.88.